The van der Waals surface area contributed by atoms with Crippen molar-refractivity contribution in [3.63, 3.8) is 0 Å². The zero-order valence-corrected chi connectivity index (χ0v) is 17.0. The third kappa shape index (κ3) is 3.48. The van der Waals surface area contributed by atoms with E-state index in [-0.39, 0.29) is 11.3 Å². The average Bonchev–Trinajstić information content (AvgIpc) is 3.20. The molecule has 0 bridgehead atoms. The van der Waals surface area contributed by atoms with Crippen molar-refractivity contribution in [3.05, 3.63) is 23.6 Å². The van der Waals surface area contributed by atoms with Gasteiger partial charge in [0, 0.05) is 44.8 Å². The van der Waals surface area contributed by atoms with Gasteiger partial charge in [-0.25, -0.2) is 17.7 Å². The van der Waals surface area contributed by atoms with Crippen LogP contribution in [0.3, 0.4) is 0 Å². The molecule has 0 amide bonds. The minimum atomic E-state index is -3.17. The summed E-state index contributed by atoms with van der Waals surface area (Å²) in [6.07, 6.45) is 6.38. The molecule has 2 fully saturated rings. The predicted molar refractivity (Wildman–Crippen MR) is 104 cm³/mol. The van der Waals surface area contributed by atoms with Gasteiger partial charge in [-0.1, -0.05) is 18.5 Å². The summed E-state index contributed by atoms with van der Waals surface area (Å²) in [6.45, 7) is 4.61. The molecule has 0 aromatic carbocycles. The molecule has 2 aliphatic rings. The van der Waals surface area contributed by atoms with Crippen molar-refractivity contribution in [1.82, 2.24) is 24.1 Å². The Morgan fingerprint density at radius 1 is 1.30 bits per heavy atom. The van der Waals surface area contributed by atoms with E-state index in [1.165, 1.54) is 6.26 Å². The number of rotatable bonds is 4. The van der Waals surface area contributed by atoms with Gasteiger partial charge in [0.15, 0.2) is 5.82 Å². The number of nitrogens with one attached hydrogen (secondary N) is 1. The van der Waals surface area contributed by atoms with Crippen LogP contribution in [0, 0.1) is 11.3 Å². The van der Waals surface area contributed by atoms with Crippen LogP contribution in [0.5, 0.6) is 0 Å². The molecule has 2 aromatic heterocycles. The summed E-state index contributed by atoms with van der Waals surface area (Å²) in [5.74, 6) is 1.36. The molecule has 2 saturated heterocycles. The van der Waals surface area contributed by atoms with Crippen LogP contribution in [-0.2, 0) is 17.1 Å². The van der Waals surface area contributed by atoms with E-state index in [9.17, 15) is 8.42 Å². The second kappa shape index (κ2) is 6.32. The fourth-order valence-corrected chi connectivity index (χ4v) is 5.15. The molecule has 146 valence electrons. The van der Waals surface area contributed by atoms with Crippen LogP contribution in [-0.4, -0.2) is 64.9 Å². The maximum absolute atomic E-state index is 11.9. The van der Waals surface area contributed by atoms with Crippen molar-refractivity contribution in [2.24, 2.45) is 18.4 Å². The number of hydrogen-bond donors (Lipinski definition) is 1. The average molecular weight is 412 g/mol. The maximum atomic E-state index is 11.9. The highest BCUT2D eigenvalue weighted by atomic mass is 35.5. The van der Waals surface area contributed by atoms with Gasteiger partial charge < -0.3 is 10.2 Å². The monoisotopic (exact) mass is 411 g/mol. The summed E-state index contributed by atoms with van der Waals surface area (Å²) in [5.41, 5.74) is 0.675. The molecule has 0 aliphatic carbocycles. The molecule has 2 unspecified atom stereocenters. The molecule has 4 rings (SSSR count). The minimum absolute atomic E-state index is 0.117. The van der Waals surface area contributed by atoms with Gasteiger partial charge in [0.05, 0.1) is 24.3 Å². The molecular formula is C16H22ClN7O2S. The third-order valence-corrected chi connectivity index (χ3v) is 6.88. The van der Waals surface area contributed by atoms with Crippen LogP contribution < -0.4 is 10.2 Å². The Morgan fingerprint density at radius 2 is 2.07 bits per heavy atom. The quantitative estimate of drug-likeness (QED) is 0.810. The van der Waals surface area contributed by atoms with Crippen LogP contribution in [0.1, 0.15) is 6.92 Å². The van der Waals surface area contributed by atoms with Gasteiger partial charge in [0.1, 0.15) is 5.02 Å². The SMILES string of the molecule is Cn1cc(Nc2ncc(Cl)c(N3CC4CN(S(C)(=O)=O)CC4(C)C3)n2)cn1. The number of nitrogens with zero attached hydrogens (tertiary/aromatic N) is 6. The lowest BCUT2D eigenvalue weighted by Crippen LogP contribution is -2.35. The van der Waals surface area contributed by atoms with Gasteiger partial charge in [0.2, 0.25) is 16.0 Å². The first-order valence-corrected chi connectivity index (χ1v) is 10.8. The van der Waals surface area contributed by atoms with E-state index in [0.717, 1.165) is 5.69 Å². The van der Waals surface area contributed by atoms with Gasteiger partial charge in [-0.05, 0) is 5.92 Å². The highest BCUT2D eigenvalue weighted by Crippen LogP contribution is 2.45. The Labute approximate surface area is 163 Å². The summed E-state index contributed by atoms with van der Waals surface area (Å²) < 4.78 is 27.0. The zero-order valence-electron chi connectivity index (χ0n) is 15.4. The summed E-state index contributed by atoms with van der Waals surface area (Å²) in [6, 6.07) is 0. The Morgan fingerprint density at radius 3 is 2.70 bits per heavy atom. The van der Waals surface area contributed by atoms with Crippen molar-refractivity contribution < 1.29 is 8.42 Å². The van der Waals surface area contributed by atoms with Crippen molar-refractivity contribution in [3.8, 4) is 0 Å². The lowest BCUT2D eigenvalue weighted by atomic mass is 9.83. The second-order valence-electron chi connectivity index (χ2n) is 7.68. The van der Waals surface area contributed by atoms with Crippen LogP contribution in [0.15, 0.2) is 18.6 Å². The van der Waals surface area contributed by atoms with E-state index in [1.807, 2.05) is 13.2 Å². The molecule has 4 heterocycles. The lowest BCUT2D eigenvalue weighted by molar-refractivity contribution is 0.329. The maximum Gasteiger partial charge on any atom is 0.229 e. The number of fused-ring (bicyclic) bond motifs is 1. The number of hydrogen-bond acceptors (Lipinski definition) is 7. The normalized spacial score (nSPS) is 25.8. The molecule has 2 aromatic rings. The predicted octanol–water partition coefficient (Wildman–Crippen LogP) is 1.32. The summed E-state index contributed by atoms with van der Waals surface area (Å²) >= 11 is 6.37. The smallest absolute Gasteiger partial charge is 0.229 e. The van der Waals surface area contributed by atoms with E-state index in [1.54, 1.807) is 21.4 Å². The number of aryl methyl sites for hydroxylation is 1. The van der Waals surface area contributed by atoms with E-state index in [2.05, 4.69) is 32.2 Å². The molecule has 0 radical (unpaired) electrons. The summed E-state index contributed by atoms with van der Waals surface area (Å²) in [7, 11) is -1.33. The largest absolute Gasteiger partial charge is 0.354 e. The first-order valence-electron chi connectivity index (χ1n) is 8.62. The first kappa shape index (κ1) is 18.5. The number of aromatic nitrogens is 4. The minimum Gasteiger partial charge on any atom is -0.354 e. The Hall–Kier alpha value is -1.91. The fraction of sp³-hybridized carbons (Fsp3) is 0.562. The summed E-state index contributed by atoms with van der Waals surface area (Å²) in [4.78, 5) is 11.0. The van der Waals surface area contributed by atoms with Crippen molar-refractivity contribution in [1.29, 1.82) is 0 Å². The first-order chi connectivity index (χ1) is 12.6. The Kier molecular flexibility index (Phi) is 4.32. The highest BCUT2D eigenvalue weighted by Gasteiger charge is 2.51. The summed E-state index contributed by atoms with van der Waals surface area (Å²) in [5, 5.41) is 7.72. The second-order valence-corrected chi connectivity index (χ2v) is 10.1. The van der Waals surface area contributed by atoms with Crippen molar-refractivity contribution in [2.45, 2.75) is 6.92 Å². The van der Waals surface area contributed by atoms with Gasteiger partial charge in [-0.3, -0.25) is 4.68 Å². The molecule has 11 heteroatoms. The van der Waals surface area contributed by atoms with E-state index >= 15 is 0 Å². The molecular weight excluding hydrogens is 390 g/mol. The molecule has 9 nitrogen and oxygen atoms in total. The molecule has 2 aliphatic heterocycles. The number of halogens is 1. The van der Waals surface area contributed by atoms with Gasteiger partial charge in [0.25, 0.3) is 0 Å². The van der Waals surface area contributed by atoms with Crippen LogP contribution in [0.2, 0.25) is 5.02 Å². The number of sulfonamides is 1. The van der Waals surface area contributed by atoms with E-state index in [0.29, 0.717) is 43.0 Å². The van der Waals surface area contributed by atoms with Crippen molar-refractivity contribution >= 4 is 39.1 Å². The third-order valence-electron chi connectivity index (χ3n) is 5.40. The van der Waals surface area contributed by atoms with Gasteiger partial charge in [-0.2, -0.15) is 10.1 Å². The topological polar surface area (TPSA) is 96.2 Å². The molecule has 1 N–H and O–H groups in total. The Balaban J connectivity index is 1.54. The standard InChI is InChI=1S/C16H22ClN7O2S/c1-16-9-23(6-11(16)7-24(10-16)27(3,25)26)14-13(17)5-18-15(21-14)20-12-4-19-22(2)8-12/h4-5,8,11H,6-7,9-10H2,1-3H3,(H,18,20,21). The molecule has 2 atom stereocenters. The van der Waals surface area contributed by atoms with E-state index in [4.69, 9.17) is 11.6 Å². The molecule has 0 saturated carbocycles. The van der Waals surface area contributed by atoms with Crippen LogP contribution >= 0.6 is 11.6 Å². The molecule has 0 spiro atoms. The van der Waals surface area contributed by atoms with Crippen molar-refractivity contribution in [2.75, 3.05) is 42.7 Å². The lowest BCUT2D eigenvalue weighted by Gasteiger charge is -2.25. The zero-order chi connectivity index (χ0) is 19.4. The fourth-order valence-electron chi connectivity index (χ4n) is 3.96. The highest BCUT2D eigenvalue weighted by molar-refractivity contribution is 7.88. The van der Waals surface area contributed by atoms with Gasteiger partial charge in [-0.15, -0.1) is 0 Å². The van der Waals surface area contributed by atoms with Crippen LogP contribution in [0.25, 0.3) is 0 Å². The Bertz CT molecular complexity index is 979. The number of anilines is 3. The molecule has 27 heavy (non-hydrogen) atoms. The van der Waals surface area contributed by atoms with Gasteiger partial charge >= 0.3 is 0 Å². The van der Waals surface area contributed by atoms with Crippen LogP contribution in [0.4, 0.5) is 17.5 Å². The van der Waals surface area contributed by atoms with E-state index < -0.39 is 10.0 Å².